The Labute approximate surface area is 235 Å². The number of thiazole rings is 1. The van der Waals surface area contributed by atoms with Crippen LogP contribution in [0.4, 0.5) is 0 Å². The number of rotatable bonds is 8. The Bertz CT molecular complexity index is 1840. The van der Waals surface area contributed by atoms with E-state index in [9.17, 15) is 18.3 Å². The number of primary sulfonamides is 1. The molecule has 0 aliphatic heterocycles. The van der Waals surface area contributed by atoms with E-state index in [4.69, 9.17) is 10.2 Å². The van der Waals surface area contributed by atoms with Crippen molar-refractivity contribution < 1.29 is 18.3 Å². The summed E-state index contributed by atoms with van der Waals surface area (Å²) in [5, 5.41) is 21.8. The van der Waals surface area contributed by atoms with Crippen LogP contribution in [0.25, 0.3) is 27.5 Å². The molecule has 40 heavy (non-hydrogen) atoms. The Morgan fingerprint density at radius 2 is 1.90 bits per heavy atom. The van der Waals surface area contributed by atoms with Crippen molar-refractivity contribution >= 4 is 27.3 Å². The topological polar surface area (TPSA) is 141 Å². The van der Waals surface area contributed by atoms with E-state index in [2.05, 4.69) is 29.0 Å². The van der Waals surface area contributed by atoms with E-state index >= 15 is 0 Å². The predicted molar refractivity (Wildman–Crippen MR) is 152 cm³/mol. The summed E-state index contributed by atoms with van der Waals surface area (Å²) in [6.45, 7) is 2.05. The minimum absolute atomic E-state index is 0.0203. The van der Waals surface area contributed by atoms with Crippen LogP contribution in [0.5, 0.6) is 0 Å². The van der Waals surface area contributed by atoms with Gasteiger partial charge in [0, 0.05) is 46.8 Å². The van der Waals surface area contributed by atoms with Crippen molar-refractivity contribution in [1.82, 2.24) is 19.7 Å². The average Bonchev–Trinajstić information content (AvgIpc) is 3.52. The van der Waals surface area contributed by atoms with E-state index in [1.54, 1.807) is 23.0 Å². The number of pyridine rings is 1. The minimum atomic E-state index is -3.80. The Morgan fingerprint density at radius 3 is 2.52 bits per heavy atom. The molecule has 11 heteroatoms. The largest absolute Gasteiger partial charge is 0.476 e. The number of hydrogen-bond donors (Lipinski definition) is 2. The third-order valence-corrected chi connectivity index (χ3v) is 8.74. The Hall–Kier alpha value is -4.19. The number of aromatic nitrogens is 4. The zero-order chi connectivity index (χ0) is 28.0. The van der Waals surface area contributed by atoms with Gasteiger partial charge in [0.1, 0.15) is 0 Å². The third kappa shape index (κ3) is 5.06. The first-order chi connectivity index (χ1) is 19.2. The average molecular weight is 572 g/mol. The number of carboxylic acids is 1. The molecule has 0 saturated heterocycles. The van der Waals surface area contributed by atoms with Crippen LogP contribution in [0.2, 0.25) is 0 Å². The van der Waals surface area contributed by atoms with Gasteiger partial charge in [-0.2, -0.15) is 5.10 Å². The summed E-state index contributed by atoms with van der Waals surface area (Å²) in [6, 6.07) is 16.7. The van der Waals surface area contributed by atoms with E-state index in [1.165, 1.54) is 28.8 Å². The molecule has 1 fully saturated rings. The summed E-state index contributed by atoms with van der Waals surface area (Å²) in [7, 11) is -3.80. The molecular weight excluding hydrogens is 546 g/mol. The summed E-state index contributed by atoms with van der Waals surface area (Å²) in [4.78, 5) is 20.3. The number of sulfonamides is 1. The first-order valence-electron chi connectivity index (χ1n) is 12.6. The van der Waals surface area contributed by atoms with Crippen LogP contribution in [0, 0.1) is 6.92 Å². The third-order valence-electron chi connectivity index (χ3n) is 7.00. The van der Waals surface area contributed by atoms with Gasteiger partial charge in [-0.05, 0) is 60.7 Å². The number of nitrogens with two attached hydrogens (primary N) is 1. The molecular formula is C29H25N5O4S2. The fourth-order valence-corrected chi connectivity index (χ4v) is 6.13. The van der Waals surface area contributed by atoms with Crippen molar-refractivity contribution in [2.75, 3.05) is 0 Å². The minimum Gasteiger partial charge on any atom is -0.476 e. The number of carbonyl (C=O) groups is 1. The molecule has 0 unspecified atom stereocenters. The first-order valence-corrected chi connectivity index (χ1v) is 15.1. The van der Waals surface area contributed by atoms with Gasteiger partial charge < -0.3 is 5.11 Å². The lowest BCUT2D eigenvalue weighted by Crippen LogP contribution is -2.11. The van der Waals surface area contributed by atoms with Crippen LogP contribution in [0.3, 0.4) is 0 Å². The predicted octanol–water partition coefficient (Wildman–Crippen LogP) is 5.18. The van der Waals surface area contributed by atoms with Crippen LogP contribution in [-0.2, 0) is 16.4 Å². The lowest BCUT2D eigenvalue weighted by atomic mass is 9.94. The Kier molecular flexibility index (Phi) is 6.57. The lowest BCUT2D eigenvalue weighted by Gasteiger charge is -2.11. The van der Waals surface area contributed by atoms with E-state index in [-0.39, 0.29) is 16.5 Å². The number of aromatic carboxylic acids is 1. The second kappa shape index (κ2) is 10.1. The van der Waals surface area contributed by atoms with Gasteiger partial charge in [-0.1, -0.05) is 30.3 Å². The monoisotopic (exact) mass is 571 g/mol. The van der Waals surface area contributed by atoms with Gasteiger partial charge in [0.05, 0.1) is 16.3 Å². The van der Waals surface area contributed by atoms with Gasteiger partial charge in [0.15, 0.2) is 5.69 Å². The highest BCUT2D eigenvalue weighted by Crippen LogP contribution is 2.46. The molecule has 3 N–H and O–H groups in total. The highest BCUT2D eigenvalue weighted by atomic mass is 32.2. The first kappa shape index (κ1) is 26.1. The van der Waals surface area contributed by atoms with Crippen molar-refractivity contribution in [3.8, 4) is 27.5 Å². The second-order valence-electron chi connectivity index (χ2n) is 9.86. The van der Waals surface area contributed by atoms with Crippen LogP contribution >= 0.6 is 11.3 Å². The molecule has 1 aliphatic carbocycles. The fraction of sp³-hybridized carbons (Fsp3) is 0.172. The van der Waals surface area contributed by atoms with Crippen molar-refractivity contribution in [2.24, 2.45) is 5.14 Å². The lowest BCUT2D eigenvalue weighted by molar-refractivity contribution is 0.0691. The molecule has 0 bridgehead atoms. The number of carboxylic acid groups (broad SMARTS) is 1. The molecule has 0 amide bonds. The van der Waals surface area contributed by atoms with Crippen LogP contribution in [-0.4, -0.2) is 39.2 Å². The summed E-state index contributed by atoms with van der Waals surface area (Å²) < 4.78 is 25.4. The molecule has 9 nitrogen and oxygen atoms in total. The zero-order valence-corrected chi connectivity index (χ0v) is 23.1. The second-order valence-corrected chi connectivity index (χ2v) is 12.3. The van der Waals surface area contributed by atoms with Crippen LogP contribution < -0.4 is 5.14 Å². The number of benzene rings is 2. The van der Waals surface area contributed by atoms with E-state index in [1.807, 2.05) is 24.4 Å². The van der Waals surface area contributed by atoms with Gasteiger partial charge >= 0.3 is 5.97 Å². The molecule has 1 aliphatic rings. The zero-order valence-electron chi connectivity index (χ0n) is 21.5. The smallest absolute Gasteiger partial charge is 0.355 e. The van der Waals surface area contributed by atoms with Crippen LogP contribution in [0.15, 0.2) is 77.3 Å². The highest BCUT2D eigenvalue weighted by Gasteiger charge is 2.34. The van der Waals surface area contributed by atoms with Gasteiger partial charge in [-0.15, -0.1) is 11.3 Å². The molecule has 2 aromatic carbocycles. The number of aryl methyl sites for hydroxylation is 1. The molecule has 3 heterocycles. The number of nitrogens with zero attached hydrogens (tertiary/aromatic N) is 4. The van der Waals surface area contributed by atoms with Crippen molar-refractivity contribution in [2.45, 2.75) is 37.0 Å². The van der Waals surface area contributed by atoms with Crippen LogP contribution in [0.1, 0.15) is 51.6 Å². The van der Waals surface area contributed by atoms with Gasteiger partial charge in [-0.25, -0.2) is 28.0 Å². The molecule has 0 spiro atoms. The summed E-state index contributed by atoms with van der Waals surface area (Å²) in [5.41, 5.74) is 7.71. The molecule has 6 rings (SSSR count). The Balaban J connectivity index is 1.53. The van der Waals surface area contributed by atoms with Gasteiger partial charge in [0.2, 0.25) is 15.2 Å². The maximum absolute atomic E-state index is 11.8. The molecule has 1 saturated carbocycles. The normalized spacial score (nSPS) is 13.4. The Morgan fingerprint density at radius 1 is 1.12 bits per heavy atom. The van der Waals surface area contributed by atoms with E-state index in [0.29, 0.717) is 11.6 Å². The SMILES string of the molecule is Cc1ccc(-c2nn(-c3nc(C(=O)O)cs3)c(C3CC3)c2Cc2ccc(S(N)(=O)=O)cc2)cc1-c1cccnc1. The fourth-order valence-electron chi connectivity index (χ4n) is 4.85. The van der Waals surface area contributed by atoms with E-state index < -0.39 is 16.0 Å². The number of hydrogen-bond acceptors (Lipinski definition) is 7. The summed E-state index contributed by atoms with van der Waals surface area (Å²) in [5.74, 6) is -0.821. The maximum Gasteiger partial charge on any atom is 0.355 e. The van der Waals surface area contributed by atoms with Gasteiger partial charge in [0.25, 0.3) is 0 Å². The van der Waals surface area contributed by atoms with Crippen molar-refractivity contribution in [3.05, 3.63) is 100 Å². The highest BCUT2D eigenvalue weighted by molar-refractivity contribution is 7.89. The summed E-state index contributed by atoms with van der Waals surface area (Å²) in [6.07, 6.45) is 6.06. The quantitative estimate of drug-likeness (QED) is 0.261. The van der Waals surface area contributed by atoms with Crippen molar-refractivity contribution in [1.29, 1.82) is 0 Å². The molecule has 0 radical (unpaired) electrons. The van der Waals surface area contributed by atoms with Gasteiger partial charge in [-0.3, -0.25) is 4.98 Å². The standard InChI is InChI=1S/C29H25N5O4S2/c1-17-4-7-20(14-23(17)21-3-2-12-31-15-21)26-24(13-18-5-10-22(11-6-18)40(30,37)38)27(19-8-9-19)34(33-26)29-32-25(16-39-29)28(35)36/h2-7,10-12,14-16,19H,8-9,13H2,1H3,(H,35,36)(H2,30,37,38). The maximum atomic E-state index is 11.8. The molecule has 3 aromatic heterocycles. The molecule has 202 valence electrons. The molecule has 0 atom stereocenters. The molecule has 5 aromatic rings. The summed E-state index contributed by atoms with van der Waals surface area (Å²) >= 11 is 1.24. The van der Waals surface area contributed by atoms with E-state index in [0.717, 1.165) is 57.6 Å². The van der Waals surface area contributed by atoms with Crippen molar-refractivity contribution in [3.63, 3.8) is 0 Å².